The van der Waals surface area contributed by atoms with E-state index in [0.717, 1.165) is 49.0 Å². The van der Waals surface area contributed by atoms with Crippen molar-refractivity contribution in [2.24, 2.45) is 16.3 Å². The molecule has 5 rings (SSSR count). The number of hydrogen-bond acceptors (Lipinski definition) is 5. The van der Waals surface area contributed by atoms with Gasteiger partial charge in [0.1, 0.15) is 11.7 Å². The summed E-state index contributed by atoms with van der Waals surface area (Å²) in [4.78, 5) is 2.60. The van der Waals surface area contributed by atoms with Gasteiger partial charge in [0.15, 0.2) is 0 Å². The molecule has 0 bridgehead atoms. The van der Waals surface area contributed by atoms with E-state index in [2.05, 4.69) is 34.2 Å². The molecule has 0 N–H and O–H groups in total. The fraction of sp³-hybridized carbons (Fsp3) is 0.619. The van der Waals surface area contributed by atoms with Crippen LogP contribution in [-0.4, -0.2) is 42.9 Å². The van der Waals surface area contributed by atoms with Crippen LogP contribution < -0.4 is 5.01 Å². The predicted molar refractivity (Wildman–Crippen MR) is 107 cm³/mol. The lowest BCUT2D eigenvalue weighted by atomic mass is 9.84. The highest BCUT2D eigenvalue weighted by Gasteiger charge is 2.62. The van der Waals surface area contributed by atoms with Gasteiger partial charge in [-0.1, -0.05) is 34.5 Å². The fourth-order valence-corrected chi connectivity index (χ4v) is 5.70. The van der Waals surface area contributed by atoms with E-state index in [0.29, 0.717) is 5.92 Å². The fourth-order valence-electron chi connectivity index (χ4n) is 5.53. The van der Waals surface area contributed by atoms with Gasteiger partial charge in [0, 0.05) is 24.0 Å². The molecule has 0 aromatic heterocycles. The van der Waals surface area contributed by atoms with Crippen molar-refractivity contribution in [1.29, 1.82) is 0 Å². The average Bonchev–Trinajstić information content (AvgIpc) is 3.40. The monoisotopic (exact) mass is 386 g/mol. The van der Waals surface area contributed by atoms with E-state index in [4.69, 9.17) is 26.7 Å². The summed E-state index contributed by atoms with van der Waals surface area (Å²) < 4.78 is 5.68. The van der Waals surface area contributed by atoms with Crippen LogP contribution in [0.25, 0.3) is 0 Å². The number of nitrogens with zero attached hydrogens (tertiary/aromatic N) is 4. The molecule has 5 nitrogen and oxygen atoms in total. The molecule has 27 heavy (non-hydrogen) atoms. The van der Waals surface area contributed by atoms with Crippen LogP contribution in [0.2, 0.25) is 5.02 Å². The van der Waals surface area contributed by atoms with E-state index in [1.165, 1.54) is 25.7 Å². The highest BCUT2D eigenvalue weighted by molar-refractivity contribution is 6.31. The van der Waals surface area contributed by atoms with E-state index in [1.54, 1.807) is 5.57 Å². The summed E-state index contributed by atoms with van der Waals surface area (Å²) in [6, 6.07) is 6.50. The van der Waals surface area contributed by atoms with Gasteiger partial charge in [0.05, 0.1) is 18.9 Å². The summed E-state index contributed by atoms with van der Waals surface area (Å²) in [6.07, 6.45) is 8.46. The minimum Gasteiger partial charge on any atom is -0.379 e. The molecule has 4 aliphatic rings. The zero-order valence-corrected chi connectivity index (χ0v) is 16.7. The van der Waals surface area contributed by atoms with Gasteiger partial charge in [-0.2, -0.15) is 5.11 Å². The minimum atomic E-state index is -0.210. The van der Waals surface area contributed by atoms with Crippen molar-refractivity contribution >= 4 is 17.3 Å². The lowest BCUT2D eigenvalue weighted by molar-refractivity contribution is -0.0340. The van der Waals surface area contributed by atoms with Gasteiger partial charge in [0.2, 0.25) is 0 Å². The molecule has 2 fully saturated rings. The highest BCUT2D eigenvalue weighted by atomic mass is 35.5. The normalized spacial score (nSPS) is 33.6. The Morgan fingerprint density at radius 3 is 2.81 bits per heavy atom. The summed E-state index contributed by atoms with van der Waals surface area (Å²) in [5.41, 5.74) is 3.54. The van der Waals surface area contributed by atoms with Gasteiger partial charge in [-0.3, -0.25) is 4.90 Å². The Balaban J connectivity index is 1.62. The van der Waals surface area contributed by atoms with Crippen molar-refractivity contribution in [3.63, 3.8) is 0 Å². The van der Waals surface area contributed by atoms with Crippen LogP contribution >= 0.6 is 11.6 Å². The predicted octanol–water partition coefficient (Wildman–Crippen LogP) is 4.75. The van der Waals surface area contributed by atoms with Gasteiger partial charge >= 0.3 is 0 Å². The van der Waals surface area contributed by atoms with Crippen LogP contribution in [0.5, 0.6) is 0 Å². The third-order valence-corrected chi connectivity index (χ3v) is 7.20. The molecule has 1 aromatic carbocycles. The first-order valence-electron chi connectivity index (χ1n) is 10.2. The number of aryl methyl sites for hydroxylation is 1. The summed E-state index contributed by atoms with van der Waals surface area (Å²) >= 11 is 6.49. The second-order valence-corrected chi connectivity index (χ2v) is 8.56. The molecule has 3 atom stereocenters. The van der Waals surface area contributed by atoms with Crippen LogP contribution in [0.1, 0.15) is 37.7 Å². The molecule has 2 aliphatic carbocycles. The van der Waals surface area contributed by atoms with E-state index >= 15 is 0 Å². The van der Waals surface area contributed by atoms with Crippen molar-refractivity contribution in [2.75, 3.05) is 31.3 Å². The molecule has 1 aromatic rings. The number of allylic oxidation sites excluding steroid dienone is 1. The number of hydrogen-bond donors (Lipinski definition) is 0. The van der Waals surface area contributed by atoms with E-state index in [-0.39, 0.29) is 11.7 Å². The first kappa shape index (κ1) is 17.7. The van der Waals surface area contributed by atoms with Gasteiger partial charge in [0.25, 0.3) is 0 Å². The maximum absolute atomic E-state index is 6.49. The van der Waals surface area contributed by atoms with Gasteiger partial charge in [-0.15, -0.1) is 0 Å². The molecule has 0 amide bonds. The second-order valence-electron chi connectivity index (χ2n) is 8.15. The van der Waals surface area contributed by atoms with Gasteiger partial charge in [-0.05, 0) is 56.7 Å². The third kappa shape index (κ3) is 2.66. The highest BCUT2D eigenvalue weighted by Crippen LogP contribution is 2.54. The molecular weight excluding hydrogens is 360 g/mol. The van der Waals surface area contributed by atoms with Crippen molar-refractivity contribution in [2.45, 2.75) is 50.7 Å². The lowest BCUT2D eigenvalue weighted by Crippen LogP contribution is -2.66. The number of ether oxygens (including phenoxy) is 1. The number of halogens is 1. The molecule has 1 saturated heterocycles. The number of fused-ring (bicyclic) bond motifs is 1. The molecule has 0 radical (unpaired) electrons. The van der Waals surface area contributed by atoms with Crippen molar-refractivity contribution in [3.05, 3.63) is 40.4 Å². The molecule has 0 spiro atoms. The number of morpholine rings is 1. The molecule has 2 heterocycles. The zero-order chi connectivity index (χ0) is 18.4. The Labute approximate surface area is 166 Å². The quantitative estimate of drug-likeness (QED) is 0.703. The second kappa shape index (κ2) is 6.87. The standard InChI is InChI=1S/C21H27ClN4O/c1-15-6-7-17(14-19(15)22)26-21(25-10-12-27-13-11-25)18(16-4-2-3-5-16)8-9-20(21)23-24-26/h4,6-7,14,18,20H,2-3,5,8-13H2,1H3/t18-,20+,21-/m0/s1. The largest absolute Gasteiger partial charge is 0.379 e. The van der Waals surface area contributed by atoms with Crippen LogP contribution in [0, 0.1) is 12.8 Å². The molecular formula is C21H27ClN4O. The van der Waals surface area contributed by atoms with Crippen molar-refractivity contribution in [3.8, 4) is 0 Å². The Hall–Kier alpha value is -1.43. The smallest absolute Gasteiger partial charge is 0.148 e. The summed E-state index contributed by atoms with van der Waals surface area (Å²) in [5, 5.41) is 12.5. The lowest BCUT2D eigenvalue weighted by Gasteiger charge is -2.50. The topological polar surface area (TPSA) is 40.4 Å². The van der Waals surface area contributed by atoms with Gasteiger partial charge in [-0.25, -0.2) is 5.01 Å². The van der Waals surface area contributed by atoms with Crippen molar-refractivity contribution < 1.29 is 4.74 Å². The Morgan fingerprint density at radius 2 is 2.07 bits per heavy atom. The van der Waals surface area contributed by atoms with Crippen LogP contribution in [0.15, 0.2) is 40.2 Å². The van der Waals surface area contributed by atoms with Crippen LogP contribution in [0.3, 0.4) is 0 Å². The molecule has 144 valence electrons. The van der Waals surface area contributed by atoms with E-state index in [1.807, 2.05) is 6.92 Å². The summed E-state index contributed by atoms with van der Waals surface area (Å²) in [5.74, 6) is 0.471. The third-order valence-electron chi connectivity index (χ3n) is 6.79. The summed E-state index contributed by atoms with van der Waals surface area (Å²) in [7, 11) is 0. The number of benzene rings is 1. The molecule has 1 saturated carbocycles. The number of rotatable bonds is 3. The van der Waals surface area contributed by atoms with E-state index in [9.17, 15) is 0 Å². The Kier molecular flexibility index (Phi) is 4.49. The van der Waals surface area contributed by atoms with Crippen LogP contribution in [-0.2, 0) is 4.74 Å². The van der Waals surface area contributed by atoms with Gasteiger partial charge < -0.3 is 4.74 Å². The summed E-state index contributed by atoms with van der Waals surface area (Å²) in [6.45, 7) is 5.47. The average molecular weight is 387 g/mol. The first-order valence-corrected chi connectivity index (χ1v) is 10.6. The van der Waals surface area contributed by atoms with E-state index < -0.39 is 0 Å². The molecule has 2 aliphatic heterocycles. The Bertz CT molecular complexity index is 788. The first-order chi connectivity index (χ1) is 13.2. The SMILES string of the molecule is Cc1ccc(N2N=N[C@@H]3CC[C@@H](C4=CCCC4)[C@@]32N2CCOCC2)cc1Cl. The maximum Gasteiger partial charge on any atom is 0.148 e. The minimum absolute atomic E-state index is 0.210. The zero-order valence-electron chi connectivity index (χ0n) is 15.9. The molecule has 0 unspecified atom stereocenters. The Morgan fingerprint density at radius 1 is 1.22 bits per heavy atom. The van der Waals surface area contributed by atoms with Crippen LogP contribution in [0.4, 0.5) is 5.69 Å². The maximum atomic E-state index is 6.49. The van der Waals surface area contributed by atoms with Crippen molar-refractivity contribution in [1.82, 2.24) is 4.90 Å². The number of anilines is 1. The molecule has 6 heteroatoms.